The Morgan fingerprint density at radius 3 is 2.76 bits per heavy atom. The zero-order valence-corrected chi connectivity index (χ0v) is 12.4. The molecule has 1 aromatic heterocycles. The van der Waals surface area contributed by atoms with E-state index in [9.17, 15) is 4.79 Å². The molecule has 2 aliphatic rings. The van der Waals surface area contributed by atoms with E-state index < -0.39 is 5.54 Å². The highest BCUT2D eigenvalue weighted by Crippen LogP contribution is 2.20. The van der Waals surface area contributed by atoms with Gasteiger partial charge in [0.15, 0.2) is 5.76 Å². The van der Waals surface area contributed by atoms with Gasteiger partial charge in [-0.3, -0.25) is 9.69 Å². The Hall–Kier alpha value is -1.44. The average Bonchev–Trinajstić information content (AvgIpc) is 3.09. The number of ether oxygens (including phenoxy) is 1. The van der Waals surface area contributed by atoms with Gasteiger partial charge in [-0.2, -0.15) is 0 Å². The van der Waals surface area contributed by atoms with E-state index >= 15 is 0 Å². The van der Waals surface area contributed by atoms with E-state index in [-0.39, 0.29) is 5.91 Å². The van der Waals surface area contributed by atoms with E-state index in [1.54, 1.807) is 0 Å². The molecular formula is C14H22N4O3. The zero-order chi connectivity index (χ0) is 14.9. The molecule has 1 amide bonds. The Kier molecular flexibility index (Phi) is 3.97. The molecule has 0 spiro atoms. The van der Waals surface area contributed by atoms with Gasteiger partial charge in [-0.25, -0.2) is 0 Å². The summed E-state index contributed by atoms with van der Waals surface area (Å²) in [5.74, 6) is 0.891. The number of rotatable bonds is 3. The lowest BCUT2D eigenvalue weighted by Gasteiger charge is -2.37. The summed E-state index contributed by atoms with van der Waals surface area (Å²) in [7, 11) is 0. The monoisotopic (exact) mass is 294 g/mol. The van der Waals surface area contributed by atoms with Gasteiger partial charge in [-0.15, -0.1) is 0 Å². The molecule has 2 aliphatic heterocycles. The van der Waals surface area contributed by atoms with Crippen LogP contribution in [0.5, 0.6) is 0 Å². The van der Waals surface area contributed by atoms with E-state index in [1.807, 2.05) is 17.9 Å². The minimum Gasteiger partial charge on any atom is -0.379 e. The lowest BCUT2D eigenvalue weighted by Crippen LogP contribution is -2.59. The van der Waals surface area contributed by atoms with Gasteiger partial charge in [0.25, 0.3) is 0 Å². The van der Waals surface area contributed by atoms with Gasteiger partial charge in [0.05, 0.1) is 18.8 Å². The van der Waals surface area contributed by atoms with E-state index in [1.165, 1.54) is 0 Å². The van der Waals surface area contributed by atoms with Crippen LogP contribution in [0.1, 0.15) is 17.9 Å². The molecule has 7 nitrogen and oxygen atoms in total. The Labute approximate surface area is 124 Å². The molecule has 1 unspecified atom stereocenters. The molecule has 0 aliphatic carbocycles. The van der Waals surface area contributed by atoms with Crippen LogP contribution in [0.2, 0.25) is 0 Å². The number of amides is 1. The molecule has 0 radical (unpaired) electrons. The first-order chi connectivity index (χ1) is 10.1. The van der Waals surface area contributed by atoms with Gasteiger partial charge in [0.2, 0.25) is 5.91 Å². The van der Waals surface area contributed by atoms with Crippen LogP contribution in [-0.2, 0) is 16.1 Å². The topological polar surface area (TPSA) is 84.8 Å². The van der Waals surface area contributed by atoms with Gasteiger partial charge in [-0.1, -0.05) is 5.16 Å². The van der Waals surface area contributed by atoms with Crippen molar-refractivity contribution >= 4 is 5.91 Å². The van der Waals surface area contributed by atoms with Crippen molar-refractivity contribution in [3.8, 4) is 0 Å². The van der Waals surface area contributed by atoms with Crippen molar-refractivity contribution in [1.82, 2.24) is 15.0 Å². The molecule has 1 aromatic rings. The number of hydrogen-bond donors (Lipinski definition) is 1. The van der Waals surface area contributed by atoms with Crippen molar-refractivity contribution in [2.45, 2.75) is 25.4 Å². The largest absolute Gasteiger partial charge is 0.379 e. The maximum atomic E-state index is 12.5. The smallest absolute Gasteiger partial charge is 0.245 e. The number of nitrogens with two attached hydrogens (primary N) is 1. The molecular weight excluding hydrogens is 272 g/mol. The standard InChI is InChI=1S/C14H22N4O3/c1-11-8-12(21-16-11)9-17-3-5-18(6-4-17)13(19)14(15)2-7-20-10-14/h8H,2-7,9-10,15H2,1H3. The number of carbonyl (C=O) groups is 1. The Balaban J connectivity index is 1.52. The molecule has 2 N–H and O–H groups in total. The molecule has 3 heterocycles. The number of aromatic nitrogens is 1. The highest BCUT2D eigenvalue weighted by molar-refractivity contribution is 5.86. The summed E-state index contributed by atoms with van der Waals surface area (Å²) in [5, 5.41) is 3.89. The summed E-state index contributed by atoms with van der Waals surface area (Å²) >= 11 is 0. The molecule has 0 saturated carbocycles. The normalized spacial score (nSPS) is 27.2. The summed E-state index contributed by atoms with van der Waals surface area (Å²) in [6, 6.07) is 1.95. The predicted molar refractivity (Wildman–Crippen MR) is 75.5 cm³/mol. The number of nitrogens with zero attached hydrogens (tertiary/aromatic N) is 3. The first kappa shape index (κ1) is 14.5. The van der Waals surface area contributed by atoms with Gasteiger partial charge >= 0.3 is 0 Å². The van der Waals surface area contributed by atoms with Crippen LogP contribution in [0.15, 0.2) is 10.6 Å². The average molecular weight is 294 g/mol. The maximum Gasteiger partial charge on any atom is 0.245 e. The third-order valence-electron chi connectivity index (χ3n) is 4.19. The highest BCUT2D eigenvalue weighted by Gasteiger charge is 2.41. The van der Waals surface area contributed by atoms with Gasteiger partial charge in [-0.05, 0) is 13.3 Å². The van der Waals surface area contributed by atoms with Crippen LogP contribution in [0.4, 0.5) is 0 Å². The van der Waals surface area contributed by atoms with Crippen molar-refractivity contribution in [3.63, 3.8) is 0 Å². The number of hydrogen-bond acceptors (Lipinski definition) is 6. The van der Waals surface area contributed by atoms with Crippen molar-refractivity contribution in [1.29, 1.82) is 0 Å². The third-order valence-corrected chi connectivity index (χ3v) is 4.19. The molecule has 2 saturated heterocycles. The minimum absolute atomic E-state index is 0.0233. The summed E-state index contributed by atoms with van der Waals surface area (Å²) in [4.78, 5) is 16.6. The second kappa shape index (κ2) is 5.75. The van der Waals surface area contributed by atoms with E-state index in [2.05, 4.69) is 10.1 Å². The van der Waals surface area contributed by atoms with Crippen LogP contribution in [-0.4, -0.2) is 65.8 Å². The maximum absolute atomic E-state index is 12.5. The molecule has 0 bridgehead atoms. The summed E-state index contributed by atoms with van der Waals surface area (Å²) < 4.78 is 10.5. The van der Waals surface area contributed by atoms with Crippen LogP contribution in [0, 0.1) is 6.92 Å². The fraction of sp³-hybridized carbons (Fsp3) is 0.714. The van der Waals surface area contributed by atoms with E-state index in [0.717, 1.165) is 31.1 Å². The Morgan fingerprint density at radius 1 is 1.43 bits per heavy atom. The summed E-state index contributed by atoms with van der Waals surface area (Å²) in [6.45, 7) is 6.60. The number of aryl methyl sites for hydroxylation is 1. The SMILES string of the molecule is Cc1cc(CN2CCN(C(=O)C3(N)CCOC3)CC2)on1. The second-order valence-electron chi connectivity index (χ2n) is 5.96. The Morgan fingerprint density at radius 2 is 2.19 bits per heavy atom. The van der Waals surface area contributed by atoms with Crippen LogP contribution in [0.25, 0.3) is 0 Å². The van der Waals surface area contributed by atoms with Gasteiger partial charge in [0, 0.05) is 38.9 Å². The van der Waals surface area contributed by atoms with Crippen molar-refractivity contribution in [2.75, 3.05) is 39.4 Å². The van der Waals surface area contributed by atoms with E-state index in [0.29, 0.717) is 32.7 Å². The zero-order valence-electron chi connectivity index (χ0n) is 12.4. The highest BCUT2D eigenvalue weighted by atomic mass is 16.5. The molecule has 0 aromatic carbocycles. The lowest BCUT2D eigenvalue weighted by molar-refractivity contribution is -0.138. The summed E-state index contributed by atoms with van der Waals surface area (Å²) in [5.41, 5.74) is 6.22. The predicted octanol–water partition coefficient (Wildman–Crippen LogP) is -0.255. The fourth-order valence-electron chi connectivity index (χ4n) is 2.88. The van der Waals surface area contributed by atoms with Crippen molar-refractivity contribution in [3.05, 3.63) is 17.5 Å². The first-order valence-electron chi connectivity index (χ1n) is 7.37. The van der Waals surface area contributed by atoms with Crippen molar-refractivity contribution in [2.24, 2.45) is 5.73 Å². The molecule has 21 heavy (non-hydrogen) atoms. The van der Waals surface area contributed by atoms with Crippen molar-refractivity contribution < 1.29 is 14.1 Å². The minimum atomic E-state index is -0.815. The van der Waals surface area contributed by atoms with Crippen LogP contribution >= 0.6 is 0 Å². The second-order valence-corrected chi connectivity index (χ2v) is 5.96. The molecule has 3 rings (SSSR count). The van der Waals surface area contributed by atoms with Gasteiger partial charge < -0.3 is 19.9 Å². The fourth-order valence-corrected chi connectivity index (χ4v) is 2.88. The quantitative estimate of drug-likeness (QED) is 0.827. The number of piperazine rings is 1. The number of carbonyl (C=O) groups excluding carboxylic acids is 1. The Bertz CT molecular complexity index is 502. The molecule has 7 heteroatoms. The van der Waals surface area contributed by atoms with Crippen LogP contribution < -0.4 is 5.73 Å². The molecule has 1 atom stereocenters. The molecule has 2 fully saturated rings. The van der Waals surface area contributed by atoms with Crippen LogP contribution in [0.3, 0.4) is 0 Å². The summed E-state index contributed by atoms with van der Waals surface area (Å²) in [6.07, 6.45) is 0.614. The first-order valence-corrected chi connectivity index (χ1v) is 7.37. The third kappa shape index (κ3) is 3.09. The molecule has 116 valence electrons. The van der Waals surface area contributed by atoms with Gasteiger partial charge in [0.1, 0.15) is 5.54 Å². The lowest BCUT2D eigenvalue weighted by atomic mass is 9.98. The van der Waals surface area contributed by atoms with E-state index in [4.69, 9.17) is 15.0 Å².